The van der Waals surface area contributed by atoms with Crippen LogP contribution in [0.4, 0.5) is 17.1 Å². The lowest BCUT2D eigenvalue weighted by atomic mass is 10.1. The molecule has 0 aliphatic rings. The van der Waals surface area contributed by atoms with Crippen molar-refractivity contribution in [3.63, 3.8) is 0 Å². The number of imidazole rings is 1. The zero-order chi connectivity index (χ0) is 23.9. The van der Waals surface area contributed by atoms with Gasteiger partial charge in [-0.1, -0.05) is 12.1 Å². The molecule has 2 heterocycles. The lowest BCUT2D eigenvalue weighted by molar-refractivity contribution is -0.395. The van der Waals surface area contributed by atoms with Crippen molar-refractivity contribution in [2.24, 2.45) is 0 Å². The van der Waals surface area contributed by atoms with Gasteiger partial charge in [0, 0.05) is 41.5 Å². The van der Waals surface area contributed by atoms with E-state index in [1.165, 1.54) is 19.1 Å². The van der Waals surface area contributed by atoms with Crippen LogP contribution >= 0.6 is 0 Å². The summed E-state index contributed by atoms with van der Waals surface area (Å²) in [5.41, 5.74) is 0.787. The molecule has 2 aromatic carbocycles. The summed E-state index contributed by atoms with van der Waals surface area (Å²) in [5, 5.41) is 22.5. The first-order chi connectivity index (χ1) is 15.5. The number of sulfonamides is 1. The number of benzene rings is 2. The molecule has 0 aliphatic heterocycles. The Kier molecular flexibility index (Phi) is 5.25. The summed E-state index contributed by atoms with van der Waals surface area (Å²) in [4.78, 5) is 29.0. The molecule has 168 valence electrons. The van der Waals surface area contributed by atoms with Gasteiger partial charge in [-0.15, -0.1) is 0 Å². The largest absolute Gasteiger partial charge is 0.291 e. The molecule has 1 N–H and O–H groups in total. The van der Waals surface area contributed by atoms with Gasteiger partial charge in [-0.05, 0) is 32.0 Å². The number of nitrogens with one attached hydrogen (secondary N) is 1. The molecule has 13 heteroatoms. The quantitative estimate of drug-likeness (QED) is 0.331. The molecule has 0 amide bonds. The van der Waals surface area contributed by atoms with Crippen LogP contribution in [-0.4, -0.2) is 32.6 Å². The molecule has 0 saturated heterocycles. The molecule has 4 aromatic rings. The SMILES string of the molecule is Cc1ccn2cc(-c3ccc(NS(=O)(=O)c4cc([N+](=O)[O-])c(C)c([N+](=O)[O-])c4)cc3)nc2n1. The van der Waals surface area contributed by atoms with E-state index in [1.807, 2.05) is 19.2 Å². The maximum atomic E-state index is 12.8. The number of fused-ring (bicyclic) bond motifs is 1. The molecule has 0 radical (unpaired) electrons. The number of aryl methyl sites for hydroxylation is 1. The van der Waals surface area contributed by atoms with E-state index >= 15 is 0 Å². The van der Waals surface area contributed by atoms with Crippen molar-refractivity contribution in [1.29, 1.82) is 0 Å². The molecule has 0 unspecified atom stereocenters. The van der Waals surface area contributed by atoms with Gasteiger partial charge in [0.25, 0.3) is 21.4 Å². The number of nitrogens with zero attached hydrogens (tertiary/aromatic N) is 5. The standard InChI is InChI=1S/C20H16N6O6S/c1-12-7-8-24-11-17(22-20(24)21-12)14-3-5-15(6-4-14)23-33(31,32)16-9-18(25(27)28)13(2)19(10-16)26(29)30/h3-11,23H,1-2H3. The highest BCUT2D eigenvalue weighted by Gasteiger charge is 2.28. The van der Waals surface area contributed by atoms with Gasteiger partial charge in [-0.25, -0.2) is 18.4 Å². The molecule has 2 aromatic heterocycles. The fourth-order valence-electron chi connectivity index (χ4n) is 3.21. The van der Waals surface area contributed by atoms with Gasteiger partial charge in [0.15, 0.2) is 0 Å². The highest BCUT2D eigenvalue weighted by molar-refractivity contribution is 7.92. The second kappa shape index (κ2) is 7.94. The van der Waals surface area contributed by atoms with Crippen molar-refractivity contribution >= 4 is 32.9 Å². The summed E-state index contributed by atoms with van der Waals surface area (Å²) in [7, 11) is -4.33. The van der Waals surface area contributed by atoms with Gasteiger partial charge in [0.2, 0.25) is 5.78 Å². The van der Waals surface area contributed by atoms with Crippen molar-refractivity contribution in [3.8, 4) is 11.3 Å². The topological polar surface area (TPSA) is 163 Å². The van der Waals surface area contributed by atoms with E-state index in [9.17, 15) is 28.6 Å². The summed E-state index contributed by atoms with van der Waals surface area (Å²) in [6.45, 7) is 3.04. The van der Waals surface area contributed by atoms with E-state index in [0.717, 1.165) is 17.8 Å². The summed E-state index contributed by atoms with van der Waals surface area (Å²) in [5.74, 6) is 0.525. The van der Waals surface area contributed by atoms with Crippen LogP contribution in [0.25, 0.3) is 17.0 Å². The van der Waals surface area contributed by atoms with E-state index in [2.05, 4.69) is 14.7 Å². The average molecular weight is 468 g/mol. The first kappa shape index (κ1) is 21.8. The lowest BCUT2D eigenvalue weighted by Crippen LogP contribution is -2.14. The zero-order valence-electron chi connectivity index (χ0n) is 17.3. The second-order valence-electron chi connectivity index (χ2n) is 7.19. The maximum Gasteiger partial charge on any atom is 0.280 e. The first-order valence-corrected chi connectivity index (χ1v) is 10.9. The molecule has 0 atom stereocenters. The zero-order valence-corrected chi connectivity index (χ0v) is 18.1. The number of hydrogen-bond donors (Lipinski definition) is 1. The maximum absolute atomic E-state index is 12.8. The van der Waals surface area contributed by atoms with Crippen molar-refractivity contribution in [3.05, 3.63) is 86.3 Å². The second-order valence-corrected chi connectivity index (χ2v) is 8.87. The third-order valence-electron chi connectivity index (χ3n) is 4.93. The number of hydrogen-bond acceptors (Lipinski definition) is 8. The van der Waals surface area contributed by atoms with Crippen molar-refractivity contribution < 1.29 is 18.3 Å². The van der Waals surface area contributed by atoms with E-state index in [0.29, 0.717) is 17.0 Å². The molecule has 0 aliphatic carbocycles. The van der Waals surface area contributed by atoms with Gasteiger partial charge in [-0.2, -0.15) is 0 Å². The fraction of sp³-hybridized carbons (Fsp3) is 0.100. The summed E-state index contributed by atoms with van der Waals surface area (Å²) < 4.78 is 29.6. The minimum absolute atomic E-state index is 0.169. The van der Waals surface area contributed by atoms with Crippen LogP contribution in [0.3, 0.4) is 0 Å². The number of aromatic nitrogens is 3. The third kappa shape index (κ3) is 4.21. The van der Waals surface area contributed by atoms with E-state index in [1.54, 1.807) is 22.7 Å². The lowest BCUT2D eigenvalue weighted by Gasteiger charge is -2.09. The minimum atomic E-state index is -4.33. The summed E-state index contributed by atoms with van der Waals surface area (Å²) in [6.07, 6.45) is 3.61. The monoisotopic (exact) mass is 468 g/mol. The highest BCUT2D eigenvalue weighted by Crippen LogP contribution is 2.32. The summed E-state index contributed by atoms with van der Waals surface area (Å²) in [6, 6.07) is 9.71. The van der Waals surface area contributed by atoms with Gasteiger partial charge in [0.1, 0.15) is 10.5 Å². The van der Waals surface area contributed by atoms with Crippen molar-refractivity contribution in [2.75, 3.05) is 4.72 Å². The number of nitro groups is 2. The van der Waals surface area contributed by atoms with Crippen LogP contribution in [0.2, 0.25) is 0 Å². The Hall–Kier alpha value is -4.39. The van der Waals surface area contributed by atoms with Crippen molar-refractivity contribution in [1.82, 2.24) is 14.4 Å². The summed E-state index contributed by atoms with van der Waals surface area (Å²) >= 11 is 0. The van der Waals surface area contributed by atoms with Crippen LogP contribution in [0.5, 0.6) is 0 Å². The Balaban J connectivity index is 1.64. The van der Waals surface area contributed by atoms with E-state index in [4.69, 9.17) is 0 Å². The predicted molar refractivity (Wildman–Crippen MR) is 118 cm³/mol. The third-order valence-corrected chi connectivity index (χ3v) is 6.29. The molecular weight excluding hydrogens is 452 g/mol. The molecule has 4 rings (SSSR count). The Morgan fingerprint density at radius 1 is 0.939 bits per heavy atom. The predicted octanol–water partition coefficient (Wildman–Crippen LogP) is 3.63. The number of anilines is 1. The Morgan fingerprint density at radius 2 is 1.55 bits per heavy atom. The van der Waals surface area contributed by atoms with Gasteiger partial charge in [-0.3, -0.25) is 29.4 Å². The highest BCUT2D eigenvalue weighted by atomic mass is 32.2. The smallest absolute Gasteiger partial charge is 0.280 e. The molecule has 12 nitrogen and oxygen atoms in total. The van der Waals surface area contributed by atoms with Crippen molar-refractivity contribution in [2.45, 2.75) is 18.7 Å². The van der Waals surface area contributed by atoms with Gasteiger partial charge < -0.3 is 0 Å². The molecule has 0 bridgehead atoms. The fourth-order valence-corrected chi connectivity index (χ4v) is 4.31. The van der Waals surface area contributed by atoms with Crippen LogP contribution in [0.1, 0.15) is 11.3 Å². The van der Waals surface area contributed by atoms with Gasteiger partial charge >= 0.3 is 0 Å². The average Bonchev–Trinajstić information content (AvgIpc) is 3.16. The first-order valence-electron chi connectivity index (χ1n) is 9.44. The number of rotatable bonds is 6. The Morgan fingerprint density at radius 3 is 2.12 bits per heavy atom. The Labute approximate surface area is 186 Å². The molecular formula is C20H16N6O6S. The van der Waals surface area contributed by atoms with Crippen LogP contribution in [0, 0.1) is 34.1 Å². The molecule has 0 saturated carbocycles. The van der Waals surface area contributed by atoms with Crippen LogP contribution in [0.15, 0.2) is 59.8 Å². The van der Waals surface area contributed by atoms with Crippen LogP contribution < -0.4 is 4.72 Å². The van der Waals surface area contributed by atoms with E-state index < -0.39 is 36.1 Å². The molecule has 33 heavy (non-hydrogen) atoms. The molecule has 0 spiro atoms. The van der Waals surface area contributed by atoms with E-state index in [-0.39, 0.29) is 11.3 Å². The number of nitro benzene ring substituents is 2. The van der Waals surface area contributed by atoms with Crippen LogP contribution in [-0.2, 0) is 10.0 Å². The van der Waals surface area contributed by atoms with Gasteiger partial charge in [0.05, 0.1) is 15.5 Å². The normalized spacial score (nSPS) is 11.5. The minimum Gasteiger partial charge on any atom is -0.291 e. The Bertz CT molecular complexity index is 1490. The molecule has 0 fully saturated rings.